The molecule has 11 heteroatoms. The first-order valence-corrected chi connectivity index (χ1v) is 7.47. The van der Waals surface area contributed by atoms with Crippen LogP contribution in [0.1, 0.15) is 0 Å². The molecular formula is C2H14N6O2P2S. The summed E-state index contributed by atoms with van der Waals surface area (Å²) in [5.74, 6) is 0. The fourth-order valence-electron chi connectivity index (χ4n) is 0.324. The Hall–Kier alpha value is 0.570. The Balaban J connectivity index is 4.10. The molecule has 0 aliphatic heterocycles. The second-order valence-electron chi connectivity index (χ2n) is 2.20. The minimum absolute atomic E-state index is 0.734. The molecule has 0 aromatic carbocycles. The lowest BCUT2D eigenvalue weighted by Crippen LogP contribution is -2.27. The molecule has 0 saturated carbocycles. The highest BCUT2D eigenvalue weighted by Crippen LogP contribution is 2.40. The van der Waals surface area contributed by atoms with Crippen LogP contribution in [0.15, 0.2) is 0 Å². The molecule has 0 bridgehead atoms. The predicted octanol–water partition coefficient (Wildman–Crippen LogP) is -0.617. The summed E-state index contributed by atoms with van der Waals surface area (Å²) < 4.78 is 25.5. The average Bonchev–Trinajstić information content (AvgIpc) is 1.98. The van der Waals surface area contributed by atoms with Gasteiger partial charge in [0.05, 0.1) is 0 Å². The summed E-state index contributed by atoms with van der Waals surface area (Å²) in [6.07, 6.45) is 0. The van der Waals surface area contributed by atoms with Crippen molar-refractivity contribution in [3.63, 3.8) is 0 Å². The maximum absolute atomic E-state index is 11.4. The van der Waals surface area contributed by atoms with Crippen molar-refractivity contribution in [3.05, 3.63) is 0 Å². The van der Waals surface area contributed by atoms with E-state index in [-0.39, 0.29) is 0 Å². The zero-order valence-corrected chi connectivity index (χ0v) is 9.90. The van der Waals surface area contributed by atoms with Crippen molar-refractivity contribution < 1.29 is 9.13 Å². The van der Waals surface area contributed by atoms with E-state index >= 15 is 0 Å². The molecule has 0 aliphatic rings. The molecule has 0 rings (SSSR count). The second-order valence-corrected chi connectivity index (χ2v) is 7.65. The topological polar surface area (TPSA) is 140 Å². The van der Waals surface area contributed by atoms with Crippen LogP contribution in [0.3, 0.4) is 0 Å². The van der Waals surface area contributed by atoms with Crippen LogP contribution in [-0.4, -0.2) is 18.2 Å². The standard InChI is InChI=1S/C2H14N6O2P2S/c1-6-12(5,10)8(2)13-7-11(3,4)9/h1-2H3,(H3,5,6,10)(H5,3,4,7,9). The van der Waals surface area contributed by atoms with Crippen molar-refractivity contribution in [1.29, 1.82) is 0 Å². The maximum atomic E-state index is 11.4. The third-order valence-electron chi connectivity index (χ3n) is 1.05. The fraction of sp³-hybridized carbons (Fsp3) is 1.00. The van der Waals surface area contributed by atoms with Gasteiger partial charge in [-0.25, -0.2) is 5.09 Å². The number of hydrogen-bond acceptors (Lipinski definition) is 3. The van der Waals surface area contributed by atoms with E-state index in [0.29, 0.717) is 0 Å². The van der Waals surface area contributed by atoms with E-state index in [2.05, 4.69) is 9.58 Å². The molecule has 0 aromatic heterocycles. The molecule has 13 heavy (non-hydrogen) atoms. The summed E-state index contributed by atoms with van der Waals surface area (Å²) >= 11 is 0.734. The third kappa shape index (κ3) is 5.79. The Morgan fingerprint density at radius 2 is 1.77 bits per heavy atom. The SMILES string of the molecule is CNP(N)(=O)N(C)SNP(N)(N)=O. The zero-order valence-electron chi connectivity index (χ0n) is 7.30. The van der Waals surface area contributed by atoms with Crippen LogP contribution in [0.2, 0.25) is 0 Å². The van der Waals surface area contributed by atoms with E-state index in [9.17, 15) is 9.13 Å². The van der Waals surface area contributed by atoms with E-state index < -0.39 is 15.2 Å². The quantitative estimate of drug-likeness (QED) is 0.318. The Kier molecular flexibility index (Phi) is 5.09. The zero-order chi connectivity index (χ0) is 10.7. The van der Waals surface area contributed by atoms with Gasteiger partial charge in [0, 0.05) is 19.2 Å². The number of hydrogen-bond donors (Lipinski definition) is 5. The number of rotatable bonds is 5. The van der Waals surface area contributed by atoms with E-state index in [4.69, 9.17) is 16.5 Å². The first kappa shape index (κ1) is 13.6. The average molecular weight is 248 g/mol. The van der Waals surface area contributed by atoms with Crippen LogP contribution in [0.25, 0.3) is 0 Å². The molecule has 0 aliphatic carbocycles. The summed E-state index contributed by atoms with van der Waals surface area (Å²) in [5.41, 5.74) is 15.3. The Morgan fingerprint density at radius 1 is 1.31 bits per heavy atom. The molecule has 0 spiro atoms. The molecule has 0 fully saturated rings. The Bertz CT molecular complexity index is 253. The van der Waals surface area contributed by atoms with E-state index in [1.54, 1.807) is 0 Å². The molecule has 8 N–H and O–H groups in total. The van der Waals surface area contributed by atoms with Crippen molar-refractivity contribution >= 4 is 27.3 Å². The summed E-state index contributed by atoms with van der Waals surface area (Å²) in [6.45, 7) is 0. The highest BCUT2D eigenvalue weighted by atomic mass is 32.2. The van der Waals surface area contributed by atoms with Gasteiger partial charge in [-0.1, -0.05) is 0 Å². The summed E-state index contributed by atoms with van der Waals surface area (Å²) in [7, 11) is -3.54. The summed E-state index contributed by atoms with van der Waals surface area (Å²) in [5, 5.41) is 2.40. The first-order valence-electron chi connectivity index (χ1n) is 3.12. The molecule has 1 unspecified atom stereocenters. The summed E-state index contributed by atoms with van der Waals surface area (Å²) in [4.78, 5) is 0. The van der Waals surface area contributed by atoms with E-state index in [1.807, 2.05) is 0 Å². The number of nitrogens with one attached hydrogen (secondary N) is 2. The van der Waals surface area contributed by atoms with Crippen molar-refractivity contribution in [2.24, 2.45) is 16.5 Å². The lowest BCUT2D eigenvalue weighted by Gasteiger charge is -2.22. The lowest BCUT2D eigenvalue weighted by molar-refractivity contribution is 0.544. The second kappa shape index (κ2) is 4.88. The Morgan fingerprint density at radius 3 is 2.08 bits per heavy atom. The first-order chi connectivity index (χ1) is 5.69. The minimum Gasteiger partial charge on any atom is -0.271 e. The van der Waals surface area contributed by atoms with Gasteiger partial charge >= 0.3 is 0 Å². The van der Waals surface area contributed by atoms with E-state index in [0.717, 1.165) is 12.1 Å². The lowest BCUT2D eigenvalue weighted by atomic mass is 11.6. The van der Waals surface area contributed by atoms with E-state index in [1.165, 1.54) is 18.2 Å². The largest absolute Gasteiger partial charge is 0.288 e. The number of nitrogens with two attached hydrogens (primary N) is 3. The molecule has 80 valence electrons. The molecule has 8 nitrogen and oxygen atoms in total. The van der Waals surface area contributed by atoms with Crippen molar-refractivity contribution in [2.75, 3.05) is 14.1 Å². The van der Waals surface area contributed by atoms with Crippen molar-refractivity contribution in [3.8, 4) is 0 Å². The fourth-order valence-corrected chi connectivity index (χ4v) is 2.65. The predicted molar refractivity (Wildman–Crippen MR) is 55.3 cm³/mol. The van der Waals surface area contributed by atoms with Crippen LogP contribution in [0, 0.1) is 0 Å². The van der Waals surface area contributed by atoms with Crippen LogP contribution >= 0.6 is 27.3 Å². The molecular weight excluding hydrogens is 234 g/mol. The van der Waals surface area contributed by atoms with Crippen LogP contribution in [-0.2, 0) is 9.13 Å². The van der Waals surface area contributed by atoms with Gasteiger partial charge in [-0.05, 0) is 7.05 Å². The van der Waals surface area contributed by atoms with Gasteiger partial charge < -0.3 is 0 Å². The molecule has 0 saturated heterocycles. The minimum atomic E-state index is -3.33. The third-order valence-corrected chi connectivity index (χ3v) is 5.24. The molecule has 0 aromatic rings. The highest BCUT2D eigenvalue weighted by molar-refractivity contribution is 8.04. The van der Waals surface area contributed by atoms with Gasteiger partial charge in [0.25, 0.3) is 15.2 Å². The normalized spacial score (nSPS) is 17.4. The highest BCUT2D eigenvalue weighted by Gasteiger charge is 2.22. The molecule has 0 heterocycles. The van der Waals surface area contributed by atoms with Gasteiger partial charge in [-0.15, -0.1) is 0 Å². The summed E-state index contributed by atoms with van der Waals surface area (Å²) in [6, 6.07) is 0. The molecule has 1 atom stereocenters. The van der Waals surface area contributed by atoms with Crippen LogP contribution in [0.5, 0.6) is 0 Å². The maximum Gasteiger partial charge on any atom is 0.288 e. The number of nitrogens with zero attached hydrogens (tertiary/aromatic N) is 1. The van der Waals surface area contributed by atoms with Crippen molar-refractivity contribution in [1.82, 2.24) is 13.7 Å². The van der Waals surface area contributed by atoms with Gasteiger partial charge in [0.2, 0.25) is 0 Å². The van der Waals surface area contributed by atoms with Gasteiger partial charge in [0.15, 0.2) is 0 Å². The Labute approximate surface area is 81.3 Å². The monoisotopic (exact) mass is 248 g/mol. The van der Waals surface area contributed by atoms with Crippen molar-refractivity contribution in [2.45, 2.75) is 0 Å². The van der Waals surface area contributed by atoms with Gasteiger partial charge in [-0.2, -0.15) is 8.57 Å². The molecule has 0 radical (unpaired) electrons. The van der Waals surface area contributed by atoms with Gasteiger partial charge in [-0.3, -0.25) is 25.6 Å². The smallest absolute Gasteiger partial charge is 0.271 e. The van der Waals surface area contributed by atoms with Crippen LogP contribution < -0.4 is 26.1 Å². The molecule has 0 amide bonds. The van der Waals surface area contributed by atoms with Gasteiger partial charge in [0.1, 0.15) is 0 Å². The van der Waals surface area contributed by atoms with Crippen LogP contribution in [0.4, 0.5) is 0 Å².